The standard InChI is InChI=1S/C8H18.In/c1-3-5-7-8-6-4-2;/h3-8H2,1-2H3;. The summed E-state index contributed by atoms with van der Waals surface area (Å²) in [6, 6.07) is 0. The van der Waals surface area contributed by atoms with Crippen molar-refractivity contribution in [2.45, 2.75) is 52.4 Å². The van der Waals surface area contributed by atoms with Crippen molar-refractivity contribution >= 4 is 25.8 Å². The van der Waals surface area contributed by atoms with E-state index in [2.05, 4.69) is 13.8 Å². The van der Waals surface area contributed by atoms with Crippen molar-refractivity contribution in [1.82, 2.24) is 0 Å². The Balaban J connectivity index is 0. The maximum absolute atomic E-state index is 2.26. The van der Waals surface area contributed by atoms with Gasteiger partial charge < -0.3 is 0 Å². The van der Waals surface area contributed by atoms with Gasteiger partial charge in [-0.3, -0.25) is 0 Å². The van der Waals surface area contributed by atoms with Gasteiger partial charge in [-0.05, 0) is 0 Å². The monoisotopic (exact) mass is 229 g/mol. The summed E-state index contributed by atoms with van der Waals surface area (Å²) in [4.78, 5) is 0. The molecule has 0 aromatic heterocycles. The van der Waals surface area contributed by atoms with Crippen LogP contribution in [0.4, 0.5) is 0 Å². The molecule has 53 valence electrons. The molecular weight excluding hydrogens is 211 g/mol. The molecule has 1 heteroatoms. The molecule has 0 saturated heterocycles. The molecule has 0 nitrogen and oxygen atoms in total. The van der Waals surface area contributed by atoms with Crippen molar-refractivity contribution in [2.75, 3.05) is 0 Å². The Labute approximate surface area is 78.2 Å². The van der Waals surface area contributed by atoms with Crippen LogP contribution in [-0.2, 0) is 0 Å². The van der Waals surface area contributed by atoms with Gasteiger partial charge in [0.2, 0.25) is 0 Å². The van der Waals surface area contributed by atoms with Crippen molar-refractivity contribution in [1.29, 1.82) is 0 Å². The number of hydrogen-bond acceptors (Lipinski definition) is 0. The molecule has 0 amide bonds. The summed E-state index contributed by atoms with van der Waals surface area (Å²) in [7, 11) is 0. The zero-order chi connectivity index (χ0) is 6.24. The summed E-state index contributed by atoms with van der Waals surface area (Å²) in [5.41, 5.74) is 0. The third-order valence-corrected chi connectivity index (χ3v) is 1.46. The second-order valence-electron chi connectivity index (χ2n) is 2.41. The van der Waals surface area contributed by atoms with E-state index in [1.165, 1.54) is 38.5 Å². The summed E-state index contributed by atoms with van der Waals surface area (Å²) >= 11 is 0. The first kappa shape index (κ1) is 12.5. The molecule has 0 rings (SSSR count). The van der Waals surface area contributed by atoms with Gasteiger partial charge in [-0.15, -0.1) is 0 Å². The Bertz CT molecular complexity index is 29.5. The molecule has 0 bridgehead atoms. The smallest absolute Gasteiger partial charge is 0 e. The second kappa shape index (κ2) is 11.6. The molecule has 0 aliphatic heterocycles. The molecule has 0 atom stereocenters. The first-order chi connectivity index (χ1) is 3.91. The Morgan fingerprint density at radius 2 is 1.00 bits per heavy atom. The fourth-order valence-electron chi connectivity index (χ4n) is 0.854. The molecule has 0 N–H and O–H groups in total. The van der Waals surface area contributed by atoms with Gasteiger partial charge in [0.15, 0.2) is 0 Å². The second-order valence-corrected chi connectivity index (χ2v) is 2.41. The van der Waals surface area contributed by atoms with Crippen LogP contribution in [0.5, 0.6) is 0 Å². The van der Waals surface area contributed by atoms with Crippen LogP contribution < -0.4 is 0 Å². The van der Waals surface area contributed by atoms with Crippen LogP contribution in [0.25, 0.3) is 0 Å². The van der Waals surface area contributed by atoms with Crippen LogP contribution in [0.15, 0.2) is 0 Å². The molecule has 0 aliphatic carbocycles. The van der Waals surface area contributed by atoms with Gasteiger partial charge in [0, 0.05) is 25.8 Å². The van der Waals surface area contributed by atoms with Crippen molar-refractivity contribution in [3.63, 3.8) is 0 Å². The third kappa shape index (κ3) is 12.1. The van der Waals surface area contributed by atoms with E-state index < -0.39 is 0 Å². The van der Waals surface area contributed by atoms with Gasteiger partial charge in [0.25, 0.3) is 0 Å². The summed E-state index contributed by atoms with van der Waals surface area (Å²) < 4.78 is 0. The zero-order valence-electron chi connectivity index (χ0n) is 6.82. The number of rotatable bonds is 5. The van der Waals surface area contributed by atoms with E-state index in [0.717, 1.165) is 0 Å². The average Bonchev–Trinajstić information content (AvgIpc) is 1.81. The van der Waals surface area contributed by atoms with Gasteiger partial charge in [-0.25, -0.2) is 0 Å². The van der Waals surface area contributed by atoms with E-state index in [1.54, 1.807) is 0 Å². The van der Waals surface area contributed by atoms with E-state index in [9.17, 15) is 0 Å². The van der Waals surface area contributed by atoms with E-state index in [1.807, 2.05) is 0 Å². The van der Waals surface area contributed by atoms with E-state index in [4.69, 9.17) is 0 Å². The first-order valence-corrected chi connectivity index (χ1v) is 3.91. The van der Waals surface area contributed by atoms with Crippen molar-refractivity contribution in [3.05, 3.63) is 0 Å². The van der Waals surface area contributed by atoms with Crippen molar-refractivity contribution in [3.8, 4) is 0 Å². The Kier molecular flexibility index (Phi) is 16.2. The average molecular weight is 229 g/mol. The topological polar surface area (TPSA) is 0 Å². The molecule has 0 aromatic rings. The fourth-order valence-corrected chi connectivity index (χ4v) is 0.854. The van der Waals surface area contributed by atoms with Gasteiger partial charge in [0.1, 0.15) is 0 Å². The summed E-state index contributed by atoms with van der Waals surface area (Å²) in [6.45, 7) is 4.51. The first-order valence-electron chi connectivity index (χ1n) is 3.91. The van der Waals surface area contributed by atoms with Crippen molar-refractivity contribution < 1.29 is 0 Å². The van der Waals surface area contributed by atoms with Gasteiger partial charge >= 0.3 is 0 Å². The summed E-state index contributed by atoms with van der Waals surface area (Å²) in [5, 5.41) is 0. The zero-order valence-corrected chi connectivity index (χ0v) is 10.1. The molecule has 9 heavy (non-hydrogen) atoms. The summed E-state index contributed by atoms with van der Waals surface area (Å²) in [5.74, 6) is 0. The molecule has 0 aromatic carbocycles. The van der Waals surface area contributed by atoms with Crippen LogP contribution in [0, 0.1) is 0 Å². The SMILES string of the molecule is CCCCCCCC.[In]. The van der Waals surface area contributed by atoms with Gasteiger partial charge in [0.05, 0.1) is 0 Å². The van der Waals surface area contributed by atoms with Crippen LogP contribution >= 0.6 is 0 Å². The van der Waals surface area contributed by atoms with Gasteiger partial charge in [-0.1, -0.05) is 52.4 Å². The minimum absolute atomic E-state index is 0. The van der Waals surface area contributed by atoms with E-state index >= 15 is 0 Å². The molecule has 0 saturated carbocycles. The van der Waals surface area contributed by atoms with Crippen molar-refractivity contribution in [2.24, 2.45) is 0 Å². The van der Waals surface area contributed by atoms with Crippen LogP contribution in [0.2, 0.25) is 0 Å². The minimum Gasteiger partial charge on any atom is -0.0654 e. The normalized spacial score (nSPS) is 8.67. The predicted molar refractivity (Wildman–Crippen MR) is 44.8 cm³/mol. The maximum atomic E-state index is 2.26. The molecule has 0 spiro atoms. The Morgan fingerprint density at radius 1 is 0.667 bits per heavy atom. The molecule has 0 heterocycles. The largest absolute Gasteiger partial charge is 0.0654 e. The van der Waals surface area contributed by atoms with E-state index in [0.29, 0.717) is 0 Å². The third-order valence-electron chi connectivity index (χ3n) is 1.46. The Morgan fingerprint density at radius 3 is 1.22 bits per heavy atom. The molecule has 0 fully saturated rings. The van der Waals surface area contributed by atoms with Crippen LogP contribution in [0.1, 0.15) is 52.4 Å². The molecule has 0 aliphatic rings. The Hall–Kier alpha value is 0.870. The minimum atomic E-state index is 0. The van der Waals surface area contributed by atoms with Gasteiger partial charge in [-0.2, -0.15) is 0 Å². The quantitative estimate of drug-likeness (QED) is 0.635. The summed E-state index contributed by atoms with van der Waals surface area (Å²) in [6.07, 6.45) is 8.49. The number of hydrogen-bond donors (Lipinski definition) is 0. The fraction of sp³-hybridized carbons (Fsp3) is 1.00. The maximum Gasteiger partial charge on any atom is 0 e. The predicted octanol–water partition coefficient (Wildman–Crippen LogP) is 2.99. The van der Waals surface area contributed by atoms with Crippen LogP contribution in [-0.4, -0.2) is 25.8 Å². The number of unbranched alkanes of at least 4 members (excludes halogenated alkanes) is 5. The molecule has 0 unspecified atom stereocenters. The van der Waals surface area contributed by atoms with E-state index in [-0.39, 0.29) is 25.8 Å². The molecular formula is C8H18In. The molecule has 3 radical (unpaired) electrons. The van der Waals surface area contributed by atoms with Crippen LogP contribution in [0.3, 0.4) is 0 Å².